The fourth-order valence-corrected chi connectivity index (χ4v) is 4.64. The Bertz CT molecular complexity index is 585. The van der Waals surface area contributed by atoms with Crippen molar-refractivity contribution in [2.24, 2.45) is 17.6 Å². The van der Waals surface area contributed by atoms with Crippen LogP contribution in [0.1, 0.15) is 51.5 Å². The summed E-state index contributed by atoms with van der Waals surface area (Å²) in [5.74, 6) is 1.92. The maximum atomic E-state index is 13.1. The van der Waals surface area contributed by atoms with Crippen LogP contribution in [0, 0.1) is 11.8 Å². The zero-order chi connectivity index (χ0) is 17.3. The van der Waals surface area contributed by atoms with E-state index >= 15 is 0 Å². The number of nitrogens with two attached hydrogens (primary N) is 1. The Labute approximate surface area is 145 Å². The summed E-state index contributed by atoms with van der Waals surface area (Å²) in [5.41, 5.74) is 6.51. The van der Waals surface area contributed by atoms with Gasteiger partial charge in [0.05, 0.1) is 12.5 Å². The van der Waals surface area contributed by atoms with Crippen LogP contribution in [0.3, 0.4) is 0 Å². The molecule has 0 spiro atoms. The molecule has 2 atom stereocenters. The molecule has 2 bridgehead atoms. The van der Waals surface area contributed by atoms with Gasteiger partial charge >= 0.3 is 0 Å². The fraction of sp³-hybridized carbons (Fsp3) is 0.650. The zero-order valence-electron chi connectivity index (χ0n) is 15.0. The van der Waals surface area contributed by atoms with E-state index in [1.807, 2.05) is 38.1 Å². The number of fused-ring (bicyclic) bond motifs is 2. The number of ether oxygens (including phenoxy) is 1. The quantitative estimate of drug-likeness (QED) is 0.892. The van der Waals surface area contributed by atoms with E-state index in [1.165, 1.54) is 19.3 Å². The van der Waals surface area contributed by atoms with Crippen LogP contribution in [-0.2, 0) is 10.2 Å². The Hall–Kier alpha value is -1.55. The Morgan fingerprint density at radius 3 is 2.46 bits per heavy atom. The fourth-order valence-electron chi connectivity index (χ4n) is 4.64. The predicted molar refractivity (Wildman–Crippen MR) is 96.0 cm³/mol. The van der Waals surface area contributed by atoms with E-state index in [4.69, 9.17) is 10.5 Å². The van der Waals surface area contributed by atoms with Crippen molar-refractivity contribution in [3.05, 3.63) is 29.8 Å². The minimum Gasteiger partial charge on any atom is -0.496 e. The highest BCUT2D eigenvalue weighted by atomic mass is 16.5. The summed E-state index contributed by atoms with van der Waals surface area (Å²) < 4.78 is 5.46. The SMILES string of the molecule is COc1ccccc1C(C)(C)C(=O)NC1C2CCCC1CC(N)C2. The second kappa shape index (κ2) is 6.75. The van der Waals surface area contributed by atoms with Crippen LogP contribution in [0.2, 0.25) is 0 Å². The highest BCUT2D eigenvalue weighted by Crippen LogP contribution is 2.40. The zero-order valence-corrected chi connectivity index (χ0v) is 15.0. The molecule has 3 N–H and O–H groups in total. The molecule has 0 heterocycles. The van der Waals surface area contributed by atoms with Gasteiger partial charge < -0.3 is 15.8 Å². The standard InChI is InChI=1S/C20H30N2O2/c1-20(2,16-9-4-5-10-17(16)24-3)19(23)22-18-13-7-6-8-14(18)12-15(21)11-13/h4-5,9-10,13-15,18H,6-8,11-12,21H2,1-3H3,(H,22,23). The number of para-hydroxylation sites is 1. The van der Waals surface area contributed by atoms with Crippen LogP contribution >= 0.6 is 0 Å². The van der Waals surface area contributed by atoms with Crippen LogP contribution in [0.4, 0.5) is 0 Å². The van der Waals surface area contributed by atoms with E-state index < -0.39 is 5.41 Å². The molecule has 3 rings (SSSR count). The summed E-state index contributed by atoms with van der Waals surface area (Å²) in [7, 11) is 1.65. The molecule has 2 unspecified atom stereocenters. The highest BCUT2D eigenvalue weighted by molar-refractivity contribution is 5.88. The lowest BCUT2D eigenvalue weighted by atomic mass is 9.66. The van der Waals surface area contributed by atoms with Crippen molar-refractivity contribution in [1.82, 2.24) is 5.32 Å². The first-order valence-corrected chi connectivity index (χ1v) is 9.13. The van der Waals surface area contributed by atoms with E-state index in [-0.39, 0.29) is 11.9 Å². The van der Waals surface area contributed by atoms with Crippen LogP contribution in [0.5, 0.6) is 5.75 Å². The topological polar surface area (TPSA) is 64.3 Å². The third-order valence-corrected chi connectivity index (χ3v) is 6.02. The molecule has 4 nitrogen and oxygen atoms in total. The molecule has 132 valence electrons. The lowest BCUT2D eigenvalue weighted by molar-refractivity contribution is -0.128. The second-order valence-corrected chi connectivity index (χ2v) is 8.01. The van der Waals surface area contributed by atoms with Gasteiger partial charge in [0.15, 0.2) is 0 Å². The lowest BCUT2D eigenvalue weighted by Crippen LogP contribution is -2.56. The van der Waals surface area contributed by atoms with Crippen molar-refractivity contribution < 1.29 is 9.53 Å². The number of methoxy groups -OCH3 is 1. The summed E-state index contributed by atoms with van der Waals surface area (Å²) in [6, 6.07) is 8.37. The minimum atomic E-state index is -0.625. The number of nitrogens with one attached hydrogen (secondary N) is 1. The normalized spacial score (nSPS) is 29.8. The van der Waals surface area contributed by atoms with Gasteiger partial charge in [-0.05, 0) is 57.4 Å². The average molecular weight is 330 g/mol. The monoisotopic (exact) mass is 330 g/mol. The van der Waals surface area contributed by atoms with Crippen molar-refractivity contribution >= 4 is 5.91 Å². The predicted octanol–water partition coefficient (Wildman–Crippen LogP) is 3.00. The maximum Gasteiger partial charge on any atom is 0.230 e. The van der Waals surface area contributed by atoms with E-state index in [1.54, 1.807) is 7.11 Å². The Morgan fingerprint density at radius 2 is 1.83 bits per heavy atom. The molecule has 2 aliphatic carbocycles. The summed E-state index contributed by atoms with van der Waals surface area (Å²) in [4.78, 5) is 13.1. The molecule has 2 saturated carbocycles. The third-order valence-electron chi connectivity index (χ3n) is 6.02. The maximum absolute atomic E-state index is 13.1. The van der Waals surface area contributed by atoms with Gasteiger partial charge in [0.1, 0.15) is 5.75 Å². The largest absolute Gasteiger partial charge is 0.496 e. The first-order valence-electron chi connectivity index (χ1n) is 9.13. The van der Waals surface area contributed by atoms with Gasteiger partial charge in [-0.1, -0.05) is 24.6 Å². The van der Waals surface area contributed by atoms with E-state index in [2.05, 4.69) is 5.32 Å². The number of amides is 1. The van der Waals surface area contributed by atoms with Crippen LogP contribution in [0.15, 0.2) is 24.3 Å². The molecule has 4 heteroatoms. The number of hydrogen-bond donors (Lipinski definition) is 2. The average Bonchev–Trinajstić information content (AvgIpc) is 2.55. The summed E-state index contributed by atoms with van der Waals surface area (Å²) in [5, 5.41) is 3.38. The van der Waals surface area contributed by atoms with Crippen molar-refractivity contribution in [3.63, 3.8) is 0 Å². The number of carbonyl (C=O) groups excluding carboxylic acids is 1. The number of carbonyl (C=O) groups is 1. The van der Waals surface area contributed by atoms with Crippen molar-refractivity contribution in [2.75, 3.05) is 7.11 Å². The molecular formula is C20H30N2O2. The smallest absolute Gasteiger partial charge is 0.230 e. The number of hydrogen-bond acceptors (Lipinski definition) is 3. The summed E-state index contributed by atoms with van der Waals surface area (Å²) in [6.07, 6.45) is 5.71. The third kappa shape index (κ3) is 3.16. The van der Waals surface area contributed by atoms with E-state index in [0.29, 0.717) is 17.9 Å². The van der Waals surface area contributed by atoms with Crippen LogP contribution in [0.25, 0.3) is 0 Å². The van der Waals surface area contributed by atoms with E-state index in [9.17, 15) is 4.79 Å². The Balaban J connectivity index is 1.78. The van der Waals surface area contributed by atoms with Gasteiger partial charge in [0.2, 0.25) is 5.91 Å². The minimum absolute atomic E-state index is 0.0874. The second-order valence-electron chi connectivity index (χ2n) is 8.01. The molecule has 1 aromatic carbocycles. The molecule has 24 heavy (non-hydrogen) atoms. The van der Waals surface area contributed by atoms with Crippen LogP contribution in [-0.4, -0.2) is 25.1 Å². The first-order chi connectivity index (χ1) is 11.4. The molecule has 0 aliphatic heterocycles. The Kier molecular flexibility index (Phi) is 4.86. The molecule has 0 aromatic heterocycles. The van der Waals surface area contributed by atoms with Gasteiger partial charge in [-0.2, -0.15) is 0 Å². The van der Waals surface area contributed by atoms with Gasteiger partial charge in [0.25, 0.3) is 0 Å². The van der Waals surface area contributed by atoms with Crippen molar-refractivity contribution in [3.8, 4) is 5.75 Å². The molecule has 1 amide bonds. The van der Waals surface area contributed by atoms with Crippen molar-refractivity contribution in [1.29, 1.82) is 0 Å². The molecule has 0 saturated heterocycles. The number of benzene rings is 1. The molecule has 0 radical (unpaired) electrons. The van der Waals surface area contributed by atoms with Gasteiger partial charge in [-0.25, -0.2) is 0 Å². The van der Waals surface area contributed by atoms with Gasteiger partial charge in [-0.15, -0.1) is 0 Å². The summed E-state index contributed by atoms with van der Waals surface area (Å²) in [6.45, 7) is 3.95. The van der Waals surface area contributed by atoms with Gasteiger partial charge in [0, 0.05) is 17.6 Å². The van der Waals surface area contributed by atoms with Gasteiger partial charge in [-0.3, -0.25) is 4.79 Å². The van der Waals surface area contributed by atoms with Crippen molar-refractivity contribution in [2.45, 2.75) is 63.5 Å². The molecular weight excluding hydrogens is 300 g/mol. The first kappa shape index (κ1) is 17.3. The van der Waals surface area contributed by atoms with E-state index in [0.717, 1.165) is 24.2 Å². The Morgan fingerprint density at radius 1 is 1.21 bits per heavy atom. The molecule has 2 aliphatic rings. The molecule has 2 fully saturated rings. The lowest BCUT2D eigenvalue weighted by Gasteiger charge is -2.46. The molecule has 1 aromatic rings. The summed E-state index contributed by atoms with van der Waals surface area (Å²) >= 11 is 0. The highest BCUT2D eigenvalue weighted by Gasteiger charge is 2.42. The number of rotatable bonds is 4. The van der Waals surface area contributed by atoms with Crippen LogP contribution < -0.4 is 15.8 Å².